The van der Waals surface area contributed by atoms with Gasteiger partial charge in [-0.3, -0.25) is 4.90 Å². The number of hydrogen-bond donors (Lipinski definition) is 0. The molecule has 5 nitrogen and oxygen atoms in total. The fourth-order valence-electron chi connectivity index (χ4n) is 4.43. The van der Waals surface area contributed by atoms with Crippen LogP contribution in [0.1, 0.15) is 42.1 Å². The predicted molar refractivity (Wildman–Crippen MR) is 130 cm³/mol. The van der Waals surface area contributed by atoms with Gasteiger partial charge in [0.1, 0.15) is 11.3 Å². The van der Waals surface area contributed by atoms with Crippen molar-refractivity contribution < 1.29 is 0 Å². The summed E-state index contributed by atoms with van der Waals surface area (Å²) < 4.78 is 2.27. The lowest BCUT2D eigenvalue weighted by Gasteiger charge is -2.33. The van der Waals surface area contributed by atoms with Crippen molar-refractivity contribution in [2.75, 3.05) is 39.3 Å². The monoisotopic (exact) mass is 417 g/mol. The average molecular weight is 418 g/mol. The molecule has 31 heavy (non-hydrogen) atoms. The molecular formula is C26H35N5. The van der Waals surface area contributed by atoms with E-state index < -0.39 is 0 Å². The molecule has 0 atom stereocenters. The lowest BCUT2D eigenvalue weighted by Crippen LogP contribution is -2.45. The Morgan fingerprint density at radius 3 is 2.32 bits per heavy atom. The van der Waals surface area contributed by atoms with Gasteiger partial charge in [-0.15, -0.1) is 0 Å². The summed E-state index contributed by atoms with van der Waals surface area (Å²) in [6.07, 6.45) is 5.45. The third kappa shape index (κ3) is 5.05. The predicted octanol–water partition coefficient (Wildman–Crippen LogP) is 4.31. The molecule has 0 radical (unpaired) electrons. The van der Waals surface area contributed by atoms with E-state index in [1.165, 1.54) is 49.4 Å². The zero-order chi connectivity index (χ0) is 21.8. The van der Waals surface area contributed by atoms with Gasteiger partial charge in [0.25, 0.3) is 0 Å². The third-order valence-electron chi connectivity index (χ3n) is 6.32. The Balaban J connectivity index is 1.42. The molecular weight excluding hydrogens is 382 g/mol. The lowest BCUT2D eigenvalue weighted by molar-refractivity contribution is 0.148. The second-order valence-electron chi connectivity index (χ2n) is 8.60. The molecule has 1 fully saturated rings. The Hall–Kier alpha value is -2.50. The fourth-order valence-corrected chi connectivity index (χ4v) is 4.43. The second-order valence-corrected chi connectivity index (χ2v) is 8.60. The molecule has 0 spiro atoms. The first-order valence-corrected chi connectivity index (χ1v) is 11.6. The van der Waals surface area contributed by atoms with Crippen LogP contribution in [-0.4, -0.2) is 63.6 Å². The standard InChI is InChI=1S/C26H35N5/c1-5-24-28-25-20(3)18-21(4)27-26(25)31(24)19-23-11-9-22(10-12-23)8-7-13-30-16-14-29(6-2)15-17-30/h7-12,18H,5-6,13-17,19H2,1-4H3/b8-7+. The topological polar surface area (TPSA) is 37.2 Å². The Morgan fingerprint density at radius 1 is 0.935 bits per heavy atom. The molecule has 0 unspecified atom stereocenters. The van der Waals surface area contributed by atoms with Crippen LogP contribution in [0.2, 0.25) is 0 Å². The van der Waals surface area contributed by atoms with Gasteiger partial charge in [-0.05, 0) is 43.1 Å². The first kappa shape index (κ1) is 21.7. The van der Waals surface area contributed by atoms with Crippen LogP contribution in [0.15, 0.2) is 36.4 Å². The third-order valence-corrected chi connectivity index (χ3v) is 6.32. The van der Waals surface area contributed by atoms with E-state index in [9.17, 15) is 0 Å². The molecule has 0 saturated carbocycles. The van der Waals surface area contributed by atoms with Gasteiger partial charge in [-0.2, -0.15) is 0 Å². The summed E-state index contributed by atoms with van der Waals surface area (Å²) in [5, 5.41) is 0. The maximum Gasteiger partial charge on any atom is 0.160 e. The highest BCUT2D eigenvalue weighted by atomic mass is 15.3. The Bertz CT molecular complexity index is 1040. The van der Waals surface area contributed by atoms with Gasteiger partial charge in [-0.1, -0.05) is 50.3 Å². The molecule has 164 valence electrons. The summed E-state index contributed by atoms with van der Waals surface area (Å²) in [4.78, 5) is 14.7. The molecule has 0 N–H and O–H groups in total. The summed E-state index contributed by atoms with van der Waals surface area (Å²) in [5.74, 6) is 1.10. The van der Waals surface area contributed by atoms with Crippen LogP contribution >= 0.6 is 0 Å². The van der Waals surface area contributed by atoms with Crippen LogP contribution in [0.5, 0.6) is 0 Å². The molecule has 1 aliphatic heterocycles. The summed E-state index contributed by atoms with van der Waals surface area (Å²) in [5.41, 5.74) is 6.82. The van der Waals surface area contributed by atoms with E-state index in [1.807, 2.05) is 0 Å². The van der Waals surface area contributed by atoms with Gasteiger partial charge in [0.15, 0.2) is 5.65 Å². The number of nitrogens with zero attached hydrogens (tertiary/aromatic N) is 5. The van der Waals surface area contributed by atoms with Crippen LogP contribution < -0.4 is 0 Å². The van der Waals surface area contributed by atoms with Crippen LogP contribution in [0.4, 0.5) is 0 Å². The zero-order valence-corrected chi connectivity index (χ0v) is 19.4. The summed E-state index contributed by atoms with van der Waals surface area (Å²) in [6, 6.07) is 11.0. The van der Waals surface area contributed by atoms with Crippen molar-refractivity contribution >= 4 is 17.2 Å². The molecule has 2 aromatic heterocycles. The Kier molecular flexibility index (Phi) is 6.83. The summed E-state index contributed by atoms with van der Waals surface area (Å²) in [6.45, 7) is 16.3. The van der Waals surface area contributed by atoms with Crippen LogP contribution in [0, 0.1) is 13.8 Å². The number of imidazole rings is 1. The van der Waals surface area contributed by atoms with E-state index in [0.717, 1.165) is 42.2 Å². The number of pyridine rings is 1. The number of aryl methyl sites for hydroxylation is 3. The largest absolute Gasteiger partial charge is 0.308 e. The van der Waals surface area contributed by atoms with Crippen molar-refractivity contribution in [3.63, 3.8) is 0 Å². The van der Waals surface area contributed by atoms with E-state index in [2.05, 4.69) is 84.5 Å². The second kappa shape index (κ2) is 9.75. The Labute approximate surface area is 186 Å². The minimum Gasteiger partial charge on any atom is -0.308 e. The van der Waals surface area contributed by atoms with Gasteiger partial charge in [0, 0.05) is 44.8 Å². The average Bonchev–Trinajstić information content (AvgIpc) is 3.13. The molecule has 3 heterocycles. The van der Waals surface area contributed by atoms with Crippen molar-refractivity contribution in [2.24, 2.45) is 0 Å². The molecule has 1 aromatic carbocycles. The summed E-state index contributed by atoms with van der Waals surface area (Å²) >= 11 is 0. The molecule has 1 saturated heterocycles. The van der Waals surface area contributed by atoms with Gasteiger partial charge >= 0.3 is 0 Å². The molecule has 0 bridgehead atoms. The minimum absolute atomic E-state index is 0.807. The van der Waals surface area contributed by atoms with E-state index in [-0.39, 0.29) is 0 Å². The zero-order valence-electron chi connectivity index (χ0n) is 19.4. The van der Waals surface area contributed by atoms with Crippen molar-refractivity contribution in [1.82, 2.24) is 24.3 Å². The maximum atomic E-state index is 4.86. The first-order valence-electron chi connectivity index (χ1n) is 11.6. The van der Waals surface area contributed by atoms with Gasteiger partial charge < -0.3 is 9.47 Å². The summed E-state index contributed by atoms with van der Waals surface area (Å²) in [7, 11) is 0. The van der Waals surface area contributed by atoms with Crippen molar-refractivity contribution in [1.29, 1.82) is 0 Å². The minimum atomic E-state index is 0.807. The molecule has 3 aromatic rings. The molecule has 5 heteroatoms. The van der Waals surface area contributed by atoms with Crippen molar-refractivity contribution in [3.8, 4) is 0 Å². The maximum absolute atomic E-state index is 4.86. The first-order chi connectivity index (χ1) is 15.1. The van der Waals surface area contributed by atoms with Crippen molar-refractivity contribution in [3.05, 3.63) is 64.6 Å². The van der Waals surface area contributed by atoms with E-state index >= 15 is 0 Å². The molecule has 1 aliphatic rings. The van der Waals surface area contributed by atoms with Gasteiger partial charge in [-0.25, -0.2) is 9.97 Å². The number of piperazine rings is 1. The van der Waals surface area contributed by atoms with Crippen LogP contribution in [0.3, 0.4) is 0 Å². The lowest BCUT2D eigenvalue weighted by atomic mass is 10.1. The Morgan fingerprint density at radius 2 is 1.65 bits per heavy atom. The van der Waals surface area contributed by atoms with E-state index in [1.54, 1.807) is 0 Å². The number of fused-ring (bicyclic) bond motifs is 1. The number of rotatable bonds is 7. The normalized spacial score (nSPS) is 16.0. The number of benzene rings is 1. The highest BCUT2D eigenvalue weighted by Gasteiger charge is 2.14. The molecule has 4 rings (SSSR count). The molecule has 0 amide bonds. The highest BCUT2D eigenvalue weighted by molar-refractivity contribution is 5.76. The number of aromatic nitrogens is 3. The highest BCUT2D eigenvalue weighted by Crippen LogP contribution is 2.21. The van der Waals surface area contributed by atoms with Crippen molar-refractivity contribution in [2.45, 2.75) is 40.7 Å². The van der Waals surface area contributed by atoms with E-state index in [4.69, 9.17) is 9.97 Å². The molecule has 0 aliphatic carbocycles. The number of hydrogen-bond acceptors (Lipinski definition) is 4. The quantitative estimate of drug-likeness (QED) is 0.574. The van der Waals surface area contributed by atoms with E-state index in [0.29, 0.717) is 0 Å². The van der Waals surface area contributed by atoms with Gasteiger partial charge in [0.05, 0.1) is 6.54 Å². The van der Waals surface area contributed by atoms with Crippen LogP contribution in [0.25, 0.3) is 17.2 Å². The fraction of sp³-hybridized carbons (Fsp3) is 0.462. The SMILES string of the molecule is CCc1nc2c(C)cc(C)nc2n1Cc1ccc(/C=C/CN2CCN(CC)CC2)cc1. The van der Waals surface area contributed by atoms with Gasteiger partial charge in [0.2, 0.25) is 0 Å². The smallest absolute Gasteiger partial charge is 0.160 e. The van der Waals surface area contributed by atoms with Crippen LogP contribution in [-0.2, 0) is 13.0 Å². The number of likely N-dealkylation sites (N-methyl/N-ethyl adjacent to an activating group) is 1.